The number of carbonyl (C=O) groups is 1. The fraction of sp³-hybridized carbons (Fsp3) is 0.333. The molecule has 1 aromatic heterocycles. The number of amides is 1. The van der Waals surface area contributed by atoms with E-state index in [9.17, 15) is 9.59 Å². The number of nitrogens with one attached hydrogen (secondary N) is 2. The van der Waals surface area contributed by atoms with Crippen LogP contribution in [0, 0.1) is 0 Å². The lowest BCUT2D eigenvalue weighted by Gasteiger charge is -2.10. The molecule has 0 aromatic carbocycles. The van der Waals surface area contributed by atoms with Gasteiger partial charge in [-0.1, -0.05) is 0 Å². The van der Waals surface area contributed by atoms with Gasteiger partial charge in [0.2, 0.25) is 5.56 Å². The van der Waals surface area contributed by atoms with Crippen LogP contribution in [0.2, 0.25) is 0 Å². The van der Waals surface area contributed by atoms with Crippen LogP contribution in [-0.4, -0.2) is 23.5 Å². The molecule has 6 heteroatoms. The minimum absolute atomic E-state index is 0. The highest BCUT2D eigenvalue weighted by Gasteiger charge is 2.07. The van der Waals surface area contributed by atoms with Crippen molar-refractivity contribution in [3.8, 4) is 0 Å². The Morgan fingerprint density at radius 2 is 2.27 bits per heavy atom. The van der Waals surface area contributed by atoms with Crippen LogP contribution in [0.4, 0.5) is 0 Å². The van der Waals surface area contributed by atoms with Gasteiger partial charge in [-0.25, -0.2) is 0 Å². The van der Waals surface area contributed by atoms with Gasteiger partial charge in [-0.15, -0.1) is 12.4 Å². The number of pyridine rings is 1. The van der Waals surface area contributed by atoms with E-state index in [4.69, 9.17) is 5.73 Å². The second-order valence-corrected chi connectivity index (χ2v) is 3.05. The van der Waals surface area contributed by atoms with Crippen molar-refractivity contribution in [3.05, 3.63) is 34.2 Å². The molecule has 1 heterocycles. The molecule has 15 heavy (non-hydrogen) atoms. The van der Waals surface area contributed by atoms with Gasteiger partial charge in [0.25, 0.3) is 5.91 Å². The first-order chi connectivity index (χ1) is 6.63. The highest BCUT2D eigenvalue weighted by Crippen LogP contribution is 1.93. The predicted molar refractivity (Wildman–Crippen MR) is 60.3 cm³/mol. The van der Waals surface area contributed by atoms with E-state index in [0.29, 0.717) is 12.1 Å². The van der Waals surface area contributed by atoms with Crippen LogP contribution in [0.1, 0.15) is 17.3 Å². The second-order valence-electron chi connectivity index (χ2n) is 3.05. The molecule has 4 N–H and O–H groups in total. The number of rotatable bonds is 3. The van der Waals surface area contributed by atoms with E-state index < -0.39 is 0 Å². The van der Waals surface area contributed by atoms with Crippen LogP contribution in [0.5, 0.6) is 0 Å². The number of nitrogens with two attached hydrogens (primary N) is 1. The lowest BCUT2D eigenvalue weighted by molar-refractivity contribution is 0.0941. The SMILES string of the molecule is C[C@@H](CN)NC(=O)c1ccc(=O)[nH]c1.Cl. The highest BCUT2D eigenvalue weighted by atomic mass is 35.5. The normalized spacial score (nSPS) is 11.3. The van der Waals surface area contributed by atoms with E-state index >= 15 is 0 Å². The van der Waals surface area contributed by atoms with E-state index in [1.165, 1.54) is 18.3 Å². The molecule has 0 radical (unpaired) electrons. The third-order valence-electron chi connectivity index (χ3n) is 1.78. The third kappa shape index (κ3) is 4.14. The number of hydrogen-bond acceptors (Lipinski definition) is 3. The van der Waals surface area contributed by atoms with Crippen molar-refractivity contribution in [3.63, 3.8) is 0 Å². The van der Waals surface area contributed by atoms with Crippen LogP contribution in [0.25, 0.3) is 0 Å². The lowest BCUT2D eigenvalue weighted by Crippen LogP contribution is -2.37. The first-order valence-corrected chi connectivity index (χ1v) is 4.33. The summed E-state index contributed by atoms with van der Waals surface area (Å²) in [5.41, 5.74) is 5.54. The van der Waals surface area contributed by atoms with E-state index in [-0.39, 0.29) is 29.9 Å². The average molecular weight is 232 g/mol. The van der Waals surface area contributed by atoms with Gasteiger partial charge < -0.3 is 16.0 Å². The monoisotopic (exact) mass is 231 g/mol. The van der Waals surface area contributed by atoms with Crippen molar-refractivity contribution >= 4 is 18.3 Å². The smallest absolute Gasteiger partial charge is 0.253 e. The minimum atomic E-state index is -0.237. The molecule has 0 fully saturated rings. The Morgan fingerprint density at radius 1 is 1.60 bits per heavy atom. The maximum absolute atomic E-state index is 11.4. The summed E-state index contributed by atoms with van der Waals surface area (Å²) in [6.07, 6.45) is 1.38. The average Bonchev–Trinajstić information content (AvgIpc) is 2.18. The summed E-state index contributed by atoms with van der Waals surface area (Å²) in [4.78, 5) is 24.6. The predicted octanol–water partition coefficient (Wildman–Crippen LogP) is -0.126. The molecular formula is C9H14ClN3O2. The number of aromatic nitrogens is 1. The number of H-pyrrole nitrogens is 1. The van der Waals surface area contributed by atoms with Crippen molar-refractivity contribution < 1.29 is 4.79 Å². The van der Waals surface area contributed by atoms with Gasteiger partial charge in [0.1, 0.15) is 0 Å². The quantitative estimate of drug-likeness (QED) is 0.677. The summed E-state index contributed by atoms with van der Waals surface area (Å²) >= 11 is 0. The summed E-state index contributed by atoms with van der Waals surface area (Å²) in [6, 6.07) is 2.70. The van der Waals surface area contributed by atoms with Gasteiger partial charge >= 0.3 is 0 Å². The lowest BCUT2D eigenvalue weighted by atomic mass is 10.2. The largest absolute Gasteiger partial charge is 0.348 e. The summed E-state index contributed by atoms with van der Waals surface area (Å²) in [5.74, 6) is -0.237. The molecule has 0 bridgehead atoms. The Balaban J connectivity index is 0.00000196. The van der Waals surface area contributed by atoms with Crippen molar-refractivity contribution in [1.82, 2.24) is 10.3 Å². The molecule has 0 aliphatic heterocycles. The molecule has 0 aliphatic carbocycles. The van der Waals surface area contributed by atoms with Crippen LogP contribution in [-0.2, 0) is 0 Å². The van der Waals surface area contributed by atoms with E-state index in [1.807, 2.05) is 6.92 Å². The Labute approximate surface area is 93.5 Å². The Bertz CT molecular complexity index is 357. The Hall–Kier alpha value is -1.33. The molecule has 1 rings (SSSR count). The zero-order valence-electron chi connectivity index (χ0n) is 8.32. The van der Waals surface area contributed by atoms with Crippen molar-refractivity contribution in [2.75, 3.05) is 6.54 Å². The van der Waals surface area contributed by atoms with Gasteiger partial charge in [-0.2, -0.15) is 0 Å². The summed E-state index contributed by atoms with van der Waals surface area (Å²) in [7, 11) is 0. The van der Waals surface area contributed by atoms with Crippen LogP contribution < -0.4 is 16.6 Å². The van der Waals surface area contributed by atoms with E-state index in [0.717, 1.165) is 0 Å². The maximum Gasteiger partial charge on any atom is 0.253 e. The third-order valence-corrected chi connectivity index (χ3v) is 1.78. The van der Waals surface area contributed by atoms with Gasteiger partial charge in [-0.05, 0) is 13.0 Å². The van der Waals surface area contributed by atoms with E-state index in [1.54, 1.807) is 0 Å². The Kier molecular flexibility index (Phi) is 5.66. The molecule has 1 amide bonds. The highest BCUT2D eigenvalue weighted by molar-refractivity contribution is 5.93. The van der Waals surface area contributed by atoms with Crippen molar-refractivity contribution in [2.45, 2.75) is 13.0 Å². The molecular weight excluding hydrogens is 218 g/mol. The number of halogens is 1. The van der Waals surface area contributed by atoms with E-state index in [2.05, 4.69) is 10.3 Å². The molecule has 84 valence electrons. The molecule has 5 nitrogen and oxygen atoms in total. The van der Waals surface area contributed by atoms with Crippen LogP contribution in [0.15, 0.2) is 23.1 Å². The first kappa shape index (κ1) is 13.7. The topological polar surface area (TPSA) is 88.0 Å². The van der Waals surface area contributed by atoms with Gasteiger partial charge in [0, 0.05) is 24.8 Å². The number of carbonyl (C=O) groups excluding carboxylic acids is 1. The molecule has 1 atom stereocenters. The van der Waals surface area contributed by atoms with Gasteiger partial charge in [-0.3, -0.25) is 9.59 Å². The fourth-order valence-electron chi connectivity index (χ4n) is 0.918. The number of aromatic amines is 1. The van der Waals surface area contributed by atoms with Crippen molar-refractivity contribution in [1.29, 1.82) is 0 Å². The maximum atomic E-state index is 11.4. The fourth-order valence-corrected chi connectivity index (χ4v) is 0.918. The standard InChI is InChI=1S/C9H13N3O2.ClH/c1-6(4-10)12-9(14)7-2-3-8(13)11-5-7;/h2-3,5-6H,4,10H2,1H3,(H,11,13)(H,12,14);1H/t6-;/m0./s1. The molecule has 1 aromatic rings. The minimum Gasteiger partial charge on any atom is -0.348 e. The summed E-state index contributed by atoms with van der Waals surface area (Å²) < 4.78 is 0. The van der Waals surface area contributed by atoms with Gasteiger partial charge in [0.05, 0.1) is 5.56 Å². The zero-order chi connectivity index (χ0) is 10.6. The Morgan fingerprint density at radius 3 is 2.73 bits per heavy atom. The first-order valence-electron chi connectivity index (χ1n) is 4.33. The van der Waals surface area contributed by atoms with Crippen LogP contribution >= 0.6 is 12.4 Å². The van der Waals surface area contributed by atoms with Crippen LogP contribution in [0.3, 0.4) is 0 Å². The van der Waals surface area contributed by atoms with Crippen molar-refractivity contribution in [2.24, 2.45) is 5.73 Å². The molecule has 0 unspecified atom stereocenters. The molecule has 0 saturated carbocycles. The summed E-state index contributed by atoms with van der Waals surface area (Å²) in [5, 5.41) is 2.68. The van der Waals surface area contributed by atoms with Gasteiger partial charge in [0.15, 0.2) is 0 Å². The summed E-state index contributed by atoms with van der Waals surface area (Å²) in [6.45, 7) is 2.19. The molecule has 0 spiro atoms. The number of hydrogen-bond donors (Lipinski definition) is 3. The second kappa shape index (κ2) is 6.21. The molecule has 0 aliphatic rings. The zero-order valence-corrected chi connectivity index (χ0v) is 9.14. The molecule has 0 saturated heterocycles.